The topological polar surface area (TPSA) is 125 Å². The monoisotopic (exact) mass is 350 g/mol. The molecule has 0 aliphatic carbocycles. The Morgan fingerprint density at radius 2 is 1.76 bits per heavy atom. The Bertz CT molecular complexity index is 641. The molecule has 1 aromatic carbocycles. The molecule has 0 aliphatic heterocycles. The van der Waals surface area contributed by atoms with E-state index in [-0.39, 0.29) is 18.6 Å². The number of primary amides is 1. The second-order valence-electron chi connectivity index (χ2n) is 5.46. The number of carbonyl (C=O) groups excluding carboxylic acids is 4. The lowest BCUT2D eigenvalue weighted by atomic mass is 9.97. The third-order valence-corrected chi connectivity index (χ3v) is 3.33. The lowest BCUT2D eigenvalue weighted by molar-refractivity contribution is -0.144. The number of ether oxygens (including phenoxy) is 2. The predicted octanol–water partition coefficient (Wildman–Crippen LogP) is 0.785. The minimum atomic E-state index is -1.02. The van der Waals surface area contributed by atoms with Gasteiger partial charge in [0.05, 0.1) is 13.0 Å². The quantitative estimate of drug-likeness (QED) is 0.527. The molecule has 8 nitrogen and oxygen atoms in total. The van der Waals surface area contributed by atoms with Crippen molar-refractivity contribution in [3.05, 3.63) is 29.8 Å². The molecule has 0 aromatic heterocycles. The molecule has 0 saturated heterocycles. The first-order valence-corrected chi connectivity index (χ1v) is 7.78. The van der Waals surface area contributed by atoms with Gasteiger partial charge in [0.1, 0.15) is 11.8 Å². The first-order valence-electron chi connectivity index (χ1n) is 7.78. The number of amides is 2. The number of hydrogen-bond donors (Lipinski definition) is 2. The molecule has 1 aromatic rings. The van der Waals surface area contributed by atoms with Crippen LogP contribution >= 0.6 is 0 Å². The van der Waals surface area contributed by atoms with Crippen LogP contribution in [0.4, 0.5) is 0 Å². The van der Waals surface area contributed by atoms with Gasteiger partial charge in [0, 0.05) is 12.5 Å². The van der Waals surface area contributed by atoms with Gasteiger partial charge >= 0.3 is 11.9 Å². The average Bonchev–Trinajstić information content (AvgIpc) is 2.52. The van der Waals surface area contributed by atoms with E-state index in [1.165, 1.54) is 31.2 Å². The maximum atomic E-state index is 12.3. The molecule has 0 aliphatic rings. The summed E-state index contributed by atoms with van der Waals surface area (Å²) in [6, 6.07) is 4.78. The molecule has 1 rings (SSSR count). The van der Waals surface area contributed by atoms with Crippen LogP contribution in [-0.2, 0) is 19.1 Å². The number of nitrogens with one attached hydrogen (secondary N) is 1. The summed E-state index contributed by atoms with van der Waals surface area (Å²) in [5.41, 5.74) is 5.58. The highest BCUT2D eigenvalue weighted by atomic mass is 16.5. The third-order valence-electron chi connectivity index (χ3n) is 3.33. The Morgan fingerprint density at radius 3 is 2.24 bits per heavy atom. The average molecular weight is 350 g/mol. The lowest BCUT2D eigenvalue weighted by Gasteiger charge is -2.21. The first kappa shape index (κ1) is 20.1. The van der Waals surface area contributed by atoms with E-state index in [0.29, 0.717) is 5.75 Å². The summed E-state index contributed by atoms with van der Waals surface area (Å²) in [6.45, 7) is 4.79. The summed E-state index contributed by atoms with van der Waals surface area (Å²) in [5.74, 6) is -2.46. The first-order chi connectivity index (χ1) is 11.7. The maximum Gasteiger partial charge on any atom is 0.308 e. The van der Waals surface area contributed by atoms with Crippen LogP contribution in [0.3, 0.4) is 0 Å². The number of esters is 2. The fraction of sp³-hybridized carbons (Fsp3) is 0.412. The minimum absolute atomic E-state index is 0.0485. The van der Waals surface area contributed by atoms with Crippen LogP contribution in [0.5, 0.6) is 5.75 Å². The fourth-order valence-electron chi connectivity index (χ4n) is 2.16. The molecule has 3 N–H and O–H groups in total. The molecule has 0 unspecified atom stereocenters. The van der Waals surface area contributed by atoms with Crippen molar-refractivity contribution in [3.8, 4) is 5.75 Å². The zero-order valence-corrected chi connectivity index (χ0v) is 14.4. The highest BCUT2D eigenvalue weighted by Crippen LogP contribution is 2.14. The Morgan fingerprint density at radius 1 is 1.16 bits per heavy atom. The molecule has 136 valence electrons. The summed E-state index contributed by atoms with van der Waals surface area (Å²) in [6.07, 6.45) is -0.0485. The normalized spacial score (nSPS) is 12.6. The molecule has 2 amide bonds. The maximum absolute atomic E-state index is 12.3. The van der Waals surface area contributed by atoms with Gasteiger partial charge < -0.3 is 20.5 Å². The third kappa shape index (κ3) is 6.62. The predicted molar refractivity (Wildman–Crippen MR) is 88.6 cm³/mol. The fourth-order valence-corrected chi connectivity index (χ4v) is 2.16. The molecule has 0 radical (unpaired) electrons. The van der Waals surface area contributed by atoms with E-state index >= 15 is 0 Å². The Balaban J connectivity index is 2.77. The van der Waals surface area contributed by atoms with Gasteiger partial charge in [-0.15, -0.1) is 0 Å². The van der Waals surface area contributed by atoms with Gasteiger partial charge in [-0.3, -0.25) is 19.2 Å². The molecule has 25 heavy (non-hydrogen) atoms. The molecule has 8 heteroatoms. The largest absolute Gasteiger partial charge is 0.466 e. The highest BCUT2D eigenvalue weighted by Gasteiger charge is 2.27. The molecule has 2 atom stereocenters. The highest BCUT2D eigenvalue weighted by molar-refractivity contribution is 5.97. The van der Waals surface area contributed by atoms with Gasteiger partial charge in [-0.25, -0.2) is 0 Å². The van der Waals surface area contributed by atoms with Crippen LogP contribution in [-0.4, -0.2) is 36.4 Å². The van der Waals surface area contributed by atoms with E-state index in [9.17, 15) is 19.2 Å². The van der Waals surface area contributed by atoms with Crippen molar-refractivity contribution in [2.24, 2.45) is 11.7 Å². The minimum Gasteiger partial charge on any atom is -0.466 e. The van der Waals surface area contributed by atoms with Crippen molar-refractivity contribution < 1.29 is 28.7 Å². The van der Waals surface area contributed by atoms with Crippen molar-refractivity contribution in [3.63, 3.8) is 0 Å². The molecular weight excluding hydrogens is 328 g/mol. The second-order valence-corrected chi connectivity index (χ2v) is 5.46. The van der Waals surface area contributed by atoms with Gasteiger partial charge in [-0.1, -0.05) is 6.92 Å². The molecule has 0 fully saturated rings. The Hall–Kier alpha value is -2.90. The Labute approximate surface area is 145 Å². The van der Waals surface area contributed by atoms with Crippen LogP contribution in [0.2, 0.25) is 0 Å². The zero-order chi connectivity index (χ0) is 19.0. The number of rotatable bonds is 8. The second kappa shape index (κ2) is 9.41. The van der Waals surface area contributed by atoms with Crippen LogP contribution in [0.15, 0.2) is 24.3 Å². The molecule has 0 heterocycles. The number of nitrogens with two attached hydrogens (primary N) is 1. The smallest absolute Gasteiger partial charge is 0.308 e. The molecule has 0 bridgehead atoms. The van der Waals surface area contributed by atoms with Gasteiger partial charge in [-0.2, -0.15) is 0 Å². The van der Waals surface area contributed by atoms with Crippen molar-refractivity contribution in [2.45, 2.75) is 33.2 Å². The van der Waals surface area contributed by atoms with Crippen molar-refractivity contribution in [1.82, 2.24) is 5.32 Å². The van der Waals surface area contributed by atoms with Gasteiger partial charge in [0.2, 0.25) is 5.91 Å². The van der Waals surface area contributed by atoms with Crippen molar-refractivity contribution in [2.75, 3.05) is 6.61 Å². The molecule has 0 spiro atoms. The molecular formula is C17H22N2O6. The number of carbonyl (C=O) groups is 4. The molecule has 0 saturated carbocycles. The van der Waals surface area contributed by atoms with Crippen molar-refractivity contribution >= 4 is 23.8 Å². The standard InChI is InChI=1S/C17H22N2O6/c1-4-24-14(21)9-10(2)15(16(18)22)19-17(23)12-5-7-13(8-6-12)25-11(3)20/h5-8,10,15H,4,9H2,1-3H3,(H2,18,22)(H,19,23)/t10-,15+/m1/s1. The zero-order valence-electron chi connectivity index (χ0n) is 14.4. The number of benzene rings is 1. The van der Waals surface area contributed by atoms with Crippen LogP contribution < -0.4 is 15.8 Å². The summed E-state index contributed by atoms with van der Waals surface area (Å²) < 4.78 is 9.71. The summed E-state index contributed by atoms with van der Waals surface area (Å²) in [7, 11) is 0. The van der Waals surface area contributed by atoms with Gasteiger partial charge in [0.25, 0.3) is 5.91 Å². The van der Waals surface area contributed by atoms with Crippen LogP contribution in [0, 0.1) is 5.92 Å². The summed E-state index contributed by atoms with van der Waals surface area (Å²) >= 11 is 0. The lowest BCUT2D eigenvalue weighted by Crippen LogP contribution is -2.49. The van der Waals surface area contributed by atoms with E-state index in [2.05, 4.69) is 5.32 Å². The summed E-state index contributed by atoms with van der Waals surface area (Å²) in [4.78, 5) is 46.3. The van der Waals surface area contributed by atoms with E-state index in [1.54, 1.807) is 13.8 Å². The SMILES string of the molecule is CCOC(=O)C[C@@H](C)[C@H](NC(=O)c1ccc(OC(C)=O)cc1)C(N)=O. The van der Waals surface area contributed by atoms with E-state index in [4.69, 9.17) is 15.2 Å². The van der Waals surface area contributed by atoms with Crippen molar-refractivity contribution in [1.29, 1.82) is 0 Å². The summed E-state index contributed by atoms with van der Waals surface area (Å²) in [5, 5.41) is 2.51. The van der Waals surface area contributed by atoms with Crippen LogP contribution in [0.25, 0.3) is 0 Å². The van der Waals surface area contributed by atoms with Crippen LogP contribution in [0.1, 0.15) is 37.6 Å². The van der Waals surface area contributed by atoms with E-state index < -0.39 is 35.7 Å². The number of hydrogen-bond acceptors (Lipinski definition) is 6. The van der Waals surface area contributed by atoms with E-state index in [1.807, 2.05) is 0 Å². The van der Waals surface area contributed by atoms with Gasteiger partial charge in [-0.05, 0) is 37.1 Å². The van der Waals surface area contributed by atoms with E-state index in [0.717, 1.165) is 0 Å². The Kier molecular flexibility index (Phi) is 7.58. The van der Waals surface area contributed by atoms with Gasteiger partial charge in [0.15, 0.2) is 0 Å².